The van der Waals surface area contributed by atoms with E-state index >= 15 is 4.39 Å². The summed E-state index contributed by atoms with van der Waals surface area (Å²) in [7, 11) is 0. The molecule has 1 aliphatic rings. The van der Waals surface area contributed by atoms with E-state index in [4.69, 9.17) is 23.7 Å². The lowest BCUT2D eigenvalue weighted by molar-refractivity contribution is -0.170. The summed E-state index contributed by atoms with van der Waals surface area (Å²) in [5, 5.41) is 0. The van der Waals surface area contributed by atoms with Crippen LogP contribution in [0.2, 0.25) is 0 Å². The topological polar surface area (TPSA) is 46.2 Å². The van der Waals surface area contributed by atoms with E-state index in [2.05, 4.69) is 0 Å². The molecule has 1 saturated heterocycles. The molecule has 208 valence electrons. The second-order valence-electron chi connectivity index (χ2n) is 9.81. The molecule has 0 aliphatic carbocycles. The van der Waals surface area contributed by atoms with Crippen molar-refractivity contribution in [2.24, 2.45) is 0 Å². The van der Waals surface area contributed by atoms with Crippen molar-refractivity contribution in [2.75, 3.05) is 6.61 Å². The molecule has 0 bridgehead atoms. The van der Waals surface area contributed by atoms with Crippen LogP contribution in [0.25, 0.3) is 0 Å². The fraction of sp³-hybridized carbons (Fsp3) is 0.294. The monoisotopic (exact) mass is 542 g/mol. The summed E-state index contributed by atoms with van der Waals surface area (Å²) in [6, 6.07) is 39.1. The Morgan fingerprint density at radius 2 is 0.975 bits per heavy atom. The minimum absolute atomic E-state index is 0.123. The predicted molar refractivity (Wildman–Crippen MR) is 151 cm³/mol. The van der Waals surface area contributed by atoms with E-state index in [9.17, 15) is 0 Å². The molecular formula is C34H35FO5. The Morgan fingerprint density at radius 3 is 1.48 bits per heavy atom. The van der Waals surface area contributed by atoms with Crippen molar-refractivity contribution >= 4 is 0 Å². The molecule has 1 aliphatic heterocycles. The third kappa shape index (κ3) is 8.07. The van der Waals surface area contributed by atoms with E-state index < -0.39 is 30.8 Å². The molecule has 1 heterocycles. The molecular weight excluding hydrogens is 507 g/mol. The lowest BCUT2D eigenvalue weighted by Crippen LogP contribution is -2.42. The highest BCUT2D eigenvalue weighted by Crippen LogP contribution is 2.32. The summed E-state index contributed by atoms with van der Waals surface area (Å²) in [5.74, 6) is 0. The third-order valence-corrected chi connectivity index (χ3v) is 6.82. The van der Waals surface area contributed by atoms with Crippen molar-refractivity contribution in [3.63, 3.8) is 0 Å². The number of hydrogen-bond acceptors (Lipinski definition) is 5. The van der Waals surface area contributed by atoms with Gasteiger partial charge in [-0.25, -0.2) is 4.39 Å². The van der Waals surface area contributed by atoms with Gasteiger partial charge < -0.3 is 23.7 Å². The van der Waals surface area contributed by atoms with Crippen LogP contribution < -0.4 is 0 Å². The van der Waals surface area contributed by atoms with E-state index in [0.29, 0.717) is 19.8 Å². The van der Waals surface area contributed by atoms with Crippen LogP contribution in [0.4, 0.5) is 4.39 Å². The summed E-state index contributed by atoms with van der Waals surface area (Å²) >= 11 is 0. The third-order valence-electron chi connectivity index (χ3n) is 6.82. The van der Waals surface area contributed by atoms with Crippen molar-refractivity contribution in [2.45, 2.75) is 57.2 Å². The maximum Gasteiger partial charge on any atom is 0.228 e. The molecule has 5 atom stereocenters. The Bertz CT molecular complexity index is 1240. The highest BCUT2D eigenvalue weighted by atomic mass is 19.1. The quantitative estimate of drug-likeness (QED) is 0.178. The molecule has 40 heavy (non-hydrogen) atoms. The first-order valence-electron chi connectivity index (χ1n) is 13.6. The van der Waals surface area contributed by atoms with Crippen molar-refractivity contribution < 1.29 is 28.1 Å². The highest BCUT2D eigenvalue weighted by molar-refractivity contribution is 5.16. The van der Waals surface area contributed by atoms with Crippen molar-refractivity contribution in [1.82, 2.24) is 0 Å². The van der Waals surface area contributed by atoms with Gasteiger partial charge in [0.05, 0.1) is 33.0 Å². The minimum Gasteiger partial charge on any atom is -0.374 e. The van der Waals surface area contributed by atoms with Crippen LogP contribution in [0.15, 0.2) is 121 Å². The van der Waals surface area contributed by atoms with Crippen molar-refractivity contribution in [3.8, 4) is 0 Å². The van der Waals surface area contributed by atoms with E-state index in [1.54, 1.807) is 0 Å². The van der Waals surface area contributed by atoms with Gasteiger partial charge in [-0.1, -0.05) is 121 Å². The molecule has 0 amide bonds. The Labute approximate surface area is 235 Å². The molecule has 0 saturated carbocycles. The highest BCUT2D eigenvalue weighted by Gasteiger charge is 2.50. The number of hydrogen-bond donors (Lipinski definition) is 0. The van der Waals surface area contributed by atoms with Gasteiger partial charge in [-0.05, 0) is 22.3 Å². The van der Waals surface area contributed by atoms with Gasteiger partial charge in [0, 0.05) is 0 Å². The fourth-order valence-corrected chi connectivity index (χ4v) is 4.74. The summed E-state index contributed by atoms with van der Waals surface area (Å²) in [6.45, 7) is 1.39. The second kappa shape index (κ2) is 14.8. The van der Waals surface area contributed by atoms with Gasteiger partial charge in [-0.3, -0.25) is 0 Å². The van der Waals surface area contributed by atoms with E-state index in [1.807, 2.05) is 121 Å². The molecule has 0 spiro atoms. The largest absolute Gasteiger partial charge is 0.374 e. The summed E-state index contributed by atoms with van der Waals surface area (Å²) in [5.41, 5.74) is 3.91. The zero-order valence-electron chi connectivity index (χ0n) is 22.4. The Kier molecular flexibility index (Phi) is 10.4. The van der Waals surface area contributed by atoms with Crippen molar-refractivity contribution in [1.29, 1.82) is 0 Å². The number of ether oxygens (including phenoxy) is 5. The normalized spacial score (nSPS) is 21.3. The van der Waals surface area contributed by atoms with Gasteiger partial charge in [-0.15, -0.1) is 0 Å². The molecule has 1 fully saturated rings. The fourth-order valence-electron chi connectivity index (χ4n) is 4.74. The van der Waals surface area contributed by atoms with Crippen LogP contribution in [0.1, 0.15) is 22.3 Å². The van der Waals surface area contributed by atoms with Crippen molar-refractivity contribution in [3.05, 3.63) is 144 Å². The second-order valence-corrected chi connectivity index (χ2v) is 9.81. The zero-order chi connectivity index (χ0) is 27.4. The Balaban J connectivity index is 1.32. The molecule has 4 aromatic carbocycles. The lowest BCUT2D eigenvalue weighted by atomic mass is 10.1. The Morgan fingerprint density at radius 1 is 0.550 bits per heavy atom. The summed E-state index contributed by atoms with van der Waals surface area (Å²) < 4.78 is 46.5. The van der Waals surface area contributed by atoms with Gasteiger partial charge in [0.2, 0.25) is 6.36 Å². The predicted octanol–water partition coefficient (Wildman–Crippen LogP) is 6.65. The van der Waals surface area contributed by atoms with Crippen LogP contribution in [0.5, 0.6) is 0 Å². The standard InChI is InChI=1S/C34H35FO5/c35-34(39-24-29-19-11-4-12-20-29)33-32(38-23-28-17-9-3-10-18-28)31(37-22-27-15-7-2-8-16-27)30(40-33)25-36-21-26-13-5-1-6-14-26/h1-20,30-34H,21-25H2/t30-,31+,32+,33+,34?/m1/s1. The van der Waals surface area contributed by atoms with E-state index in [1.165, 1.54) is 0 Å². The van der Waals surface area contributed by atoms with Crippen LogP contribution in [-0.4, -0.2) is 37.4 Å². The molecule has 5 nitrogen and oxygen atoms in total. The molecule has 6 heteroatoms. The van der Waals surface area contributed by atoms with E-state index in [0.717, 1.165) is 22.3 Å². The van der Waals surface area contributed by atoms with Gasteiger partial charge in [0.1, 0.15) is 24.4 Å². The smallest absolute Gasteiger partial charge is 0.228 e. The van der Waals surface area contributed by atoms with Gasteiger partial charge in [0.15, 0.2) is 0 Å². The molecule has 0 aromatic heterocycles. The first-order valence-corrected chi connectivity index (χ1v) is 13.6. The van der Waals surface area contributed by atoms with Crippen LogP contribution in [0.3, 0.4) is 0 Å². The van der Waals surface area contributed by atoms with Gasteiger partial charge in [-0.2, -0.15) is 0 Å². The van der Waals surface area contributed by atoms with Crippen LogP contribution >= 0.6 is 0 Å². The number of alkyl halides is 1. The molecule has 0 N–H and O–H groups in total. The zero-order valence-corrected chi connectivity index (χ0v) is 22.4. The van der Waals surface area contributed by atoms with Gasteiger partial charge >= 0.3 is 0 Å². The van der Waals surface area contributed by atoms with E-state index in [-0.39, 0.29) is 13.2 Å². The van der Waals surface area contributed by atoms with Gasteiger partial charge in [0.25, 0.3) is 0 Å². The number of rotatable bonds is 14. The number of benzene rings is 4. The molecule has 4 aromatic rings. The summed E-state index contributed by atoms with van der Waals surface area (Å²) in [6.07, 6.45) is -4.53. The summed E-state index contributed by atoms with van der Waals surface area (Å²) in [4.78, 5) is 0. The first kappa shape index (κ1) is 28.1. The Hall–Kier alpha value is -3.39. The number of halogens is 1. The molecule has 0 radical (unpaired) electrons. The minimum atomic E-state index is -1.72. The van der Waals surface area contributed by atoms with Crippen LogP contribution in [0, 0.1) is 0 Å². The average Bonchev–Trinajstić information content (AvgIpc) is 3.37. The lowest BCUT2D eigenvalue weighted by Gasteiger charge is -2.26. The van der Waals surface area contributed by atoms with Crippen LogP contribution in [-0.2, 0) is 50.1 Å². The molecule has 5 rings (SSSR count). The molecule has 1 unspecified atom stereocenters. The average molecular weight is 543 g/mol. The SMILES string of the molecule is FC(OCc1ccccc1)[C@H]1O[C@H](COCc2ccccc2)[C@H](OCc2ccccc2)[C@@H]1OCc1ccccc1. The maximum atomic E-state index is 15.7. The maximum absolute atomic E-state index is 15.7. The first-order chi connectivity index (χ1) is 19.8.